The Hall–Kier alpha value is -1.16. The van der Waals surface area contributed by atoms with Crippen molar-refractivity contribution in [2.45, 2.75) is 46.6 Å². The van der Waals surface area contributed by atoms with Crippen molar-refractivity contribution in [2.24, 2.45) is 4.99 Å². The fourth-order valence-corrected chi connectivity index (χ4v) is 3.16. The lowest BCUT2D eigenvalue weighted by molar-refractivity contribution is 0.600. The van der Waals surface area contributed by atoms with E-state index in [-0.39, 0.29) is 24.0 Å². The van der Waals surface area contributed by atoms with E-state index in [1.54, 1.807) is 11.3 Å². The Bertz CT molecular complexity index is 637. The molecule has 0 amide bonds. The minimum absolute atomic E-state index is 0. The standard InChI is InChI=1S/C17H28N6S.HI/c1-4-18-17(21-9-7-16-22-13-14(2)24-16)20-8-5-6-11-23-12-10-19-15(23)3;/h10,12-13H,4-9,11H2,1-3H3,(H2,18,20,21);1H. The number of unbranched alkanes of at least 4 members (excludes halogenated alkanes) is 1. The number of aliphatic imine (C=N–C) groups is 1. The van der Waals surface area contributed by atoms with E-state index in [4.69, 9.17) is 0 Å². The number of rotatable bonds is 9. The summed E-state index contributed by atoms with van der Waals surface area (Å²) in [4.78, 5) is 14.5. The van der Waals surface area contributed by atoms with E-state index in [1.165, 1.54) is 9.88 Å². The van der Waals surface area contributed by atoms with Gasteiger partial charge in [-0.1, -0.05) is 0 Å². The Morgan fingerprint density at radius 1 is 1.24 bits per heavy atom. The Morgan fingerprint density at radius 2 is 2.08 bits per heavy atom. The van der Waals surface area contributed by atoms with Crippen LogP contribution in [0.3, 0.4) is 0 Å². The van der Waals surface area contributed by atoms with E-state index < -0.39 is 0 Å². The molecule has 0 radical (unpaired) electrons. The van der Waals surface area contributed by atoms with E-state index in [0.717, 1.165) is 57.2 Å². The molecule has 25 heavy (non-hydrogen) atoms. The zero-order valence-electron chi connectivity index (χ0n) is 15.3. The number of hydrogen-bond acceptors (Lipinski definition) is 4. The molecule has 2 N–H and O–H groups in total. The molecule has 0 aliphatic carbocycles. The lowest BCUT2D eigenvalue weighted by Gasteiger charge is -2.10. The van der Waals surface area contributed by atoms with Crippen molar-refractivity contribution in [2.75, 3.05) is 19.6 Å². The maximum atomic E-state index is 4.64. The van der Waals surface area contributed by atoms with Crippen molar-refractivity contribution in [3.05, 3.63) is 34.3 Å². The Kier molecular flexibility index (Phi) is 10.7. The first-order valence-corrected chi connectivity index (χ1v) is 9.42. The Labute approximate surface area is 171 Å². The van der Waals surface area contributed by atoms with Gasteiger partial charge in [0.15, 0.2) is 5.96 Å². The third kappa shape index (κ3) is 8.17. The minimum atomic E-state index is 0. The summed E-state index contributed by atoms with van der Waals surface area (Å²) in [5, 5.41) is 7.85. The highest BCUT2D eigenvalue weighted by atomic mass is 127. The number of nitrogens with zero attached hydrogens (tertiary/aromatic N) is 4. The summed E-state index contributed by atoms with van der Waals surface area (Å²) < 4.78 is 2.18. The van der Waals surface area contributed by atoms with E-state index in [0.29, 0.717) is 0 Å². The molecule has 6 nitrogen and oxygen atoms in total. The number of halogens is 1. The number of nitrogens with one attached hydrogen (secondary N) is 2. The molecule has 0 atom stereocenters. The van der Waals surface area contributed by atoms with Gasteiger partial charge in [-0.15, -0.1) is 35.3 Å². The fourth-order valence-electron chi connectivity index (χ4n) is 2.37. The van der Waals surface area contributed by atoms with Crippen molar-refractivity contribution >= 4 is 41.3 Å². The predicted octanol–water partition coefficient (Wildman–Crippen LogP) is 3.15. The van der Waals surface area contributed by atoms with Crippen LogP contribution in [0.1, 0.15) is 35.5 Å². The molecule has 0 fully saturated rings. The maximum absolute atomic E-state index is 4.64. The third-order valence-electron chi connectivity index (χ3n) is 3.65. The number of aryl methyl sites for hydroxylation is 3. The highest BCUT2D eigenvalue weighted by molar-refractivity contribution is 14.0. The van der Waals surface area contributed by atoms with Crippen LogP contribution >= 0.6 is 35.3 Å². The smallest absolute Gasteiger partial charge is 0.191 e. The summed E-state index contributed by atoms with van der Waals surface area (Å²) in [5.41, 5.74) is 0. The van der Waals surface area contributed by atoms with Gasteiger partial charge in [0.05, 0.1) is 5.01 Å². The average Bonchev–Trinajstić information content (AvgIpc) is 3.15. The first-order chi connectivity index (χ1) is 11.7. The van der Waals surface area contributed by atoms with Crippen LogP contribution < -0.4 is 10.6 Å². The maximum Gasteiger partial charge on any atom is 0.191 e. The van der Waals surface area contributed by atoms with Gasteiger partial charge in [0.25, 0.3) is 0 Å². The number of aromatic nitrogens is 3. The van der Waals surface area contributed by atoms with E-state index in [1.807, 2.05) is 25.5 Å². The van der Waals surface area contributed by atoms with Crippen LogP contribution in [0.2, 0.25) is 0 Å². The number of imidazole rings is 1. The van der Waals surface area contributed by atoms with Crippen molar-refractivity contribution < 1.29 is 0 Å². The predicted molar refractivity (Wildman–Crippen MR) is 116 cm³/mol. The summed E-state index contributed by atoms with van der Waals surface area (Å²) in [6, 6.07) is 0. The summed E-state index contributed by atoms with van der Waals surface area (Å²) in [5.74, 6) is 1.97. The average molecular weight is 476 g/mol. The first kappa shape index (κ1) is 21.9. The third-order valence-corrected chi connectivity index (χ3v) is 4.62. The van der Waals surface area contributed by atoms with Gasteiger partial charge in [-0.05, 0) is 33.6 Å². The zero-order valence-corrected chi connectivity index (χ0v) is 18.4. The van der Waals surface area contributed by atoms with Crippen molar-refractivity contribution in [1.29, 1.82) is 0 Å². The molecular weight excluding hydrogens is 447 g/mol. The van der Waals surface area contributed by atoms with Crippen LogP contribution in [-0.4, -0.2) is 40.1 Å². The lowest BCUT2D eigenvalue weighted by Crippen LogP contribution is -2.38. The van der Waals surface area contributed by atoms with Crippen molar-refractivity contribution in [3.8, 4) is 0 Å². The van der Waals surface area contributed by atoms with Crippen LogP contribution in [0.5, 0.6) is 0 Å². The zero-order chi connectivity index (χ0) is 17.2. The molecule has 2 aromatic rings. The first-order valence-electron chi connectivity index (χ1n) is 8.60. The van der Waals surface area contributed by atoms with Gasteiger partial charge in [0.1, 0.15) is 5.82 Å². The van der Waals surface area contributed by atoms with Crippen molar-refractivity contribution in [3.63, 3.8) is 0 Å². The Morgan fingerprint density at radius 3 is 2.72 bits per heavy atom. The number of guanidine groups is 1. The summed E-state index contributed by atoms with van der Waals surface area (Å²) in [6.45, 7) is 9.78. The van der Waals surface area contributed by atoms with Crippen LogP contribution in [-0.2, 0) is 13.0 Å². The molecule has 0 unspecified atom stereocenters. The van der Waals surface area contributed by atoms with E-state index in [2.05, 4.69) is 44.0 Å². The fraction of sp³-hybridized carbons (Fsp3) is 0.588. The van der Waals surface area contributed by atoms with Crippen LogP contribution in [0, 0.1) is 13.8 Å². The molecule has 2 rings (SSSR count). The molecule has 140 valence electrons. The SMILES string of the molecule is CCNC(=NCCCCn1ccnc1C)NCCc1ncc(C)s1.I. The minimum Gasteiger partial charge on any atom is -0.357 e. The van der Waals surface area contributed by atoms with Crippen LogP contribution in [0.15, 0.2) is 23.6 Å². The summed E-state index contributed by atoms with van der Waals surface area (Å²) in [6.07, 6.45) is 8.93. The van der Waals surface area contributed by atoms with Crippen LogP contribution in [0.4, 0.5) is 0 Å². The monoisotopic (exact) mass is 476 g/mol. The molecule has 0 aromatic carbocycles. The number of hydrogen-bond donors (Lipinski definition) is 2. The molecule has 0 spiro atoms. The molecular formula is C17H29IN6S. The van der Waals surface area contributed by atoms with Crippen molar-refractivity contribution in [1.82, 2.24) is 25.2 Å². The van der Waals surface area contributed by atoms with Gasteiger partial charge >= 0.3 is 0 Å². The highest BCUT2D eigenvalue weighted by Gasteiger charge is 2.01. The molecule has 0 aliphatic rings. The molecule has 0 saturated carbocycles. The van der Waals surface area contributed by atoms with Gasteiger partial charge in [-0.25, -0.2) is 9.97 Å². The molecule has 0 saturated heterocycles. The molecule has 2 heterocycles. The van der Waals surface area contributed by atoms with Gasteiger partial charge in [-0.3, -0.25) is 4.99 Å². The molecule has 8 heteroatoms. The van der Waals surface area contributed by atoms with Gasteiger partial charge in [0.2, 0.25) is 0 Å². The second-order valence-corrected chi connectivity index (χ2v) is 7.00. The summed E-state index contributed by atoms with van der Waals surface area (Å²) in [7, 11) is 0. The van der Waals surface area contributed by atoms with Crippen LogP contribution in [0.25, 0.3) is 0 Å². The largest absolute Gasteiger partial charge is 0.357 e. The number of thiazole rings is 1. The quantitative estimate of drug-likeness (QED) is 0.253. The highest BCUT2D eigenvalue weighted by Crippen LogP contribution is 2.10. The second-order valence-electron chi connectivity index (χ2n) is 5.68. The summed E-state index contributed by atoms with van der Waals surface area (Å²) >= 11 is 1.76. The second kappa shape index (κ2) is 12.2. The van der Waals surface area contributed by atoms with Gasteiger partial charge in [0, 0.05) is 56.1 Å². The molecule has 0 bridgehead atoms. The lowest BCUT2D eigenvalue weighted by atomic mass is 10.3. The van der Waals surface area contributed by atoms with Gasteiger partial charge < -0.3 is 15.2 Å². The Balaban J connectivity index is 0.00000312. The van der Waals surface area contributed by atoms with E-state index in [9.17, 15) is 0 Å². The van der Waals surface area contributed by atoms with Gasteiger partial charge in [-0.2, -0.15) is 0 Å². The van der Waals surface area contributed by atoms with E-state index >= 15 is 0 Å². The molecule has 0 aliphatic heterocycles. The topological polar surface area (TPSA) is 67.1 Å². The molecule has 2 aromatic heterocycles. The normalized spacial score (nSPS) is 11.2.